The molecule has 0 spiro atoms. The zero-order chi connectivity index (χ0) is 27.4. The third kappa shape index (κ3) is 4.97. The average molecular weight is 529 g/mol. The van der Waals surface area contributed by atoms with Gasteiger partial charge in [-0.1, -0.05) is 36.4 Å². The summed E-state index contributed by atoms with van der Waals surface area (Å²) >= 11 is 0. The molecule has 0 N–H and O–H groups in total. The molecule has 6 rings (SSSR count). The van der Waals surface area contributed by atoms with Gasteiger partial charge in [0, 0.05) is 37.1 Å². The molecule has 6 heteroatoms. The van der Waals surface area contributed by atoms with Crippen LogP contribution in [0.4, 0.5) is 4.79 Å². The van der Waals surface area contributed by atoms with Crippen LogP contribution >= 0.6 is 0 Å². The molecule has 0 radical (unpaired) electrons. The number of hydrogen-bond acceptors (Lipinski definition) is 4. The van der Waals surface area contributed by atoms with E-state index in [0.717, 1.165) is 37.1 Å². The van der Waals surface area contributed by atoms with Gasteiger partial charge in [0.05, 0.1) is 11.0 Å². The van der Waals surface area contributed by atoms with Crippen molar-refractivity contribution in [1.29, 1.82) is 0 Å². The fraction of sp³-hybridized carbons (Fsp3) is 0.576. The standard InChI is InChI=1S/C33H44N4O2/c1-23-34-29-12-8-9-13-30(29)37(23)27-20-25-14-15-26(21-27)36(25)19-18-33(17-16-24-10-6-7-11-28(24)33)22-35(5)31(38)39-32(2,3)4/h6-13,25-27H,14-22H2,1-5H3/t25-,26?,27?,33?/m0/s1. The van der Waals surface area contributed by atoms with E-state index < -0.39 is 5.60 Å². The molecular weight excluding hydrogens is 484 g/mol. The second-order valence-corrected chi connectivity index (χ2v) is 13.3. The van der Waals surface area contributed by atoms with E-state index in [1.54, 1.807) is 0 Å². The molecule has 1 amide bonds. The number of hydrogen-bond donors (Lipinski definition) is 0. The van der Waals surface area contributed by atoms with E-state index in [9.17, 15) is 4.79 Å². The lowest BCUT2D eigenvalue weighted by Crippen LogP contribution is -2.48. The maximum Gasteiger partial charge on any atom is 0.410 e. The number of benzene rings is 2. The molecule has 0 saturated carbocycles. The number of ether oxygens (including phenoxy) is 1. The number of amides is 1. The van der Waals surface area contributed by atoms with Crippen molar-refractivity contribution in [3.63, 3.8) is 0 Å². The first-order chi connectivity index (χ1) is 18.6. The number of fused-ring (bicyclic) bond motifs is 4. The Morgan fingerprint density at radius 1 is 1.05 bits per heavy atom. The number of para-hydroxylation sites is 2. The summed E-state index contributed by atoms with van der Waals surface area (Å²) in [5.74, 6) is 1.14. The van der Waals surface area contributed by atoms with Crippen LogP contribution < -0.4 is 0 Å². The molecule has 2 aromatic carbocycles. The van der Waals surface area contributed by atoms with Crippen LogP contribution in [0.15, 0.2) is 48.5 Å². The summed E-state index contributed by atoms with van der Waals surface area (Å²) in [7, 11) is 1.91. The highest BCUT2D eigenvalue weighted by Gasteiger charge is 2.45. The Morgan fingerprint density at radius 2 is 1.74 bits per heavy atom. The minimum atomic E-state index is -0.492. The van der Waals surface area contributed by atoms with Crippen LogP contribution in [0.3, 0.4) is 0 Å². The molecule has 3 unspecified atom stereocenters. The monoisotopic (exact) mass is 528 g/mol. The zero-order valence-corrected chi connectivity index (χ0v) is 24.3. The quantitative estimate of drug-likeness (QED) is 0.359. The van der Waals surface area contributed by atoms with Gasteiger partial charge < -0.3 is 14.2 Å². The Kier molecular flexibility index (Phi) is 6.73. The van der Waals surface area contributed by atoms with Gasteiger partial charge in [0.15, 0.2) is 0 Å². The van der Waals surface area contributed by atoms with Gasteiger partial charge in [-0.3, -0.25) is 4.90 Å². The average Bonchev–Trinajstić information content (AvgIpc) is 3.50. The topological polar surface area (TPSA) is 50.6 Å². The molecule has 2 fully saturated rings. The highest BCUT2D eigenvalue weighted by Crippen LogP contribution is 2.46. The number of aromatic nitrogens is 2. The van der Waals surface area contributed by atoms with E-state index in [2.05, 4.69) is 64.9 Å². The summed E-state index contributed by atoms with van der Waals surface area (Å²) in [6, 6.07) is 19.2. The maximum absolute atomic E-state index is 13.0. The fourth-order valence-electron chi connectivity index (χ4n) is 7.92. The lowest BCUT2D eigenvalue weighted by atomic mass is 9.77. The molecule has 2 aliphatic heterocycles. The van der Waals surface area contributed by atoms with Crippen LogP contribution in [0.1, 0.15) is 82.3 Å². The first-order valence-electron chi connectivity index (χ1n) is 14.9. The number of carbonyl (C=O) groups is 1. The molecule has 4 atom stereocenters. The van der Waals surface area contributed by atoms with E-state index in [0.29, 0.717) is 24.7 Å². The summed E-state index contributed by atoms with van der Waals surface area (Å²) < 4.78 is 8.25. The molecule has 6 nitrogen and oxygen atoms in total. The fourth-order valence-corrected chi connectivity index (χ4v) is 7.92. The van der Waals surface area contributed by atoms with Crippen molar-refractivity contribution < 1.29 is 9.53 Å². The molecule has 3 heterocycles. The Bertz CT molecular complexity index is 1340. The van der Waals surface area contributed by atoms with E-state index in [4.69, 9.17) is 9.72 Å². The van der Waals surface area contributed by atoms with Crippen molar-refractivity contribution in [3.8, 4) is 0 Å². The van der Waals surface area contributed by atoms with Crippen LogP contribution in [0.5, 0.6) is 0 Å². The van der Waals surface area contributed by atoms with Crippen LogP contribution in [-0.4, -0.2) is 63.3 Å². The molecule has 39 heavy (non-hydrogen) atoms. The van der Waals surface area contributed by atoms with Crippen molar-refractivity contribution in [3.05, 3.63) is 65.5 Å². The van der Waals surface area contributed by atoms with Crippen molar-refractivity contribution in [2.24, 2.45) is 0 Å². The van der Waals surface area contributed by atoms with Crippen molar-refractivity contribution in [2.45, 2.75) is 102 Å². The Labute approximate surface area is 233 Å². The number of rotatable bonds is 6. The molecule has 1 aliphatic carbocycles. The number of nitrogens with zero attached hydrogens (tertiary/aromatic N) is 4. The van der Waals surface area contributed by atoms with E-state index in [1.165, 1.54) is 42.3 Å². The minimum Gasteiger partial charge on any atom is -0.444 e. The lowest BCUT2D eigenvalue weighted by Gasteiger charge is -2.42. The molecule has 2 saturated heterocycles. The largest absolute Gasteiger partial charge is 0.444 e. The van der Waals surface area contributed by atoms with E-state index >= 15 is 0 Å². The van der Waals surface area contributed by atoms with Crippen LogP contribution in [-0.2, 0) is 16.6 Å². The molecule has 3 aromatic rings. The third-order valence-corrected chi connectivity index (χ3v) is 9.55. The van der Waals surface area contributed by atoms with Gasteiger partial charge in [0.25, 0.3) is 0 Å². The van der Waals surface area contributed by atoms with Crippen molar-refractivity contribution >= 4 is 17.1 Å². The lowest BCUT2D eigenvalue weighted by molar-refractivity contribution is 0.0241. The Morgan fingerprint density at radius 3 is 2.49 bits per heavy atom. The van der Waals surface area contributed by atoms with Gasteiger partial charge in [-0.25, -0.2) is 9.78 Å². The SMILES string of the molecule is Cc1nc2ccccc2n1C1CC2CC[C@@H](C1)N2CCC1(CN(C)C(=O)OC(C)(C)C)CCc2ccccc21. The first-order valence-corrected chi connectivity index (χ1v) is 14.9. The smallest absolute Gasteiger partial charge is 0.410 e. The summed E-state index contributed by atoms with van der Waals surface area (Å²) in [4.78, 5) is 22.5. The van der Waals surface area contributed by atoms with Gasteiger partial charge >= 0.3 is 6.09 Å². The second kappa shape index (κ2) is 9.96. The van der Waals surface area contributed by atoms with E-state index in [-0.39, 0.29) is 11.5 Å². The Hall–Kier alpha value is -2.86. The molecule has 1 aromatic heterocycles. The minimum absolute atomic E-state index is 0.0321. The van der Waals surface area contributed by atoms with Gasteiger partial charge in [-0.15, -0.1) is 0 Å². The van der Waals surface area contributed by atoms with Crippen LogP contribution in [0.2, 0.25) is 0 Å². The predicted octanol–water partition coefficient (Wildman–Crippen LogP) is 6.65. The summed E-state index contributed by atoms with van der Waals surface area (Å²) in [6.07, 6.45) is 7.98. The molecular formula is C33H44N4O2. The van der Waals surface area contributed by atoms with Crippen LogP contribution in [0, 0.1) is 6.92 Å². The highest BCUT2D eigenvalue weighted by atomic mass is 16.6. The van der Waals surface area contributed by atoms with Gasteiger partial charge in [0.2, 0.25) is 0 Å². The molecule has 2 bridgehead atoms. The van der Waals surface area contributed by atoms with Crippen molar-refractivity contribution in [2.75, 3.05) is 20.1 Å². The second-order valence-electron chi connectivity index (χ2n) is 13.3. The molecule has 3 aliphatic rings. The summed E-state index contributed by atoms with van der Waals surface area (Å²) in [6.45, 7) is 9.76. The number of aryl methyl sites for hydroxylation is 2. The van der Waals surface area contributed by atoms with Gasteiger partial charge in [-0.05, 0) is 102 Å². The highest BCUT2D eigenvalue weighted by molar-refractivity contribution is 5.76. The number of carbonyl (C=O) groups excluding carboxylic acids is 1. The van der Waals surface area contributed by atoms with E-state index in [1.807, 2.05) is 32.7 Å². The zero-order valence-electron chi connectivity index (χ0n) is 24.3. The predicted molar refractivity (Wildman–Crippen MR) is 156 cm³/mol. The van der Waals surface area contributed by atoms with Gasteiger partial charge in [0.1, 0.15) is 11.4 Å². The summed E-state index contributed by atoms with van der Waals surface area (Å²) in [5.41, 5.74) is 4.74. The van der Waals surface area contributed by atoms with Crippen LogP contribution in [0.25, 0.3) is 11.0 Å². The normalized spacial score (nSPS) is 26.6. The number of piperidine rings is 1. The maximum atomic E-state index is 13.0. The number of likely N-dealkylation sites (N-methyl/N-ethyl adjacent to an activating group) is 1. The van der Waals surface area contributed by atoms with Gasteiger partial charge in [-0.2, -0.15) is 0 Å². The number of imidazole rings is 1. The first kappa shape index (κ1) is 26.4. The third-order valence-electron chi connectivity index (χ3n) is 9.55. The Balaban J connectivity index is 1.20. The van der Waals surface area contributed by atoms with Crippen molar-refractivity contribution in [1.82, 2.24) is 19.4 Å². The molecule has 208 valence electrons. The summed E-state index contributed by atoms with van der Waals surface area (Å²) in [5, 5.41) is 0.